The summed E-state index contributed by atoms with van der Waals surface area (Å²) in [5, 5.41) is 4.90. The first-order valence-corrected chi connectivity index (χ1v) is 6.78. The third-order valence-electron chi connectivity index (χ3n) is 3.17. The number of ether oxygens (including phenoxy) is 1. The lowest BCUT2D eigenvalue weighted by Crippen LogP contribution is -2.20. The summed E-state index contributed by atoms with van der Waals surface area (Å²) in [7, 11) is 0. The van der Waals surface area contributed by atoms with Crippen molar-refractivity contribution < 1.29 is 9.53 Å². The monoisotopic (exact) mass is 277 g/mol. The van der Waals surface area contributed by atoms with E-state index in [9.17, 15) is 4.79 Å². The lowest BCUT2D eigenvalue weighted by Gasteiger charge is -2.09. The van der Waals surface area contributed by atoms with Gasteiger partial charge in [-0.3, -0.25) is 4.79 Å². The van der Waals surface area contributed by atoms with Crippen molar-refractivity contribution in [1.82, 2.24) is 0 Å². The normalized spacial score (nSPS) is 10.3. The molecule has 3 rings (SSSR count). The van der Waals surface area contributed by atoms with Gasteiger partial charge in [0.15, 0.2) is 6.61 Å². The molecule has 0 bridgehead atoms. The Kier molecular flexibility index (Phi) is 3.83. The topological polar surface area (TPSA) is 38.3 Å². The minimum atomic E-state index is -0.172. The van der Waals surface area contributed by atoms with Crippen LogP contribution in [-0.4, -0.2) is 12.5 Å². The number of hydrogen-bond donors (Lipinski definition) is 1. The Bertz CT molecular complexity index is 748. The van der Waals surface area contributed by atoms with E-state index in [1.165, 1.54) is 0 Å². The van der Waals surface area contributed by atoms with Crippen LogP contribution in [0.25, 0.3) is 10.8 Å². The maximum absolute atomic E-state index is 11.9. The molecule has 0 unspecified atom stereocenters. The van der Waals surface area contributed by atoms with Crippen molar-refractivity contribution in [3.05, 3.63) is 72.8 Å². The molecular formula is C18H15NO2. The van der Waals surface area contributed by atoms with Crippen molar-refractivity contribution in [2.45, 2.75) is 0 Å². The fourth-order valence-corrected chi connectivity index (χ4v) is 2.18. The van der Waals surface area contributed by atoms with Crippen LogP contribution >= 0.6 is 0 Å². The Morgan fingerprint density at radius 2 is 1.57 bits per heavy atom. The minimum Gasteiger partial charge on any atom is -0.483 e. The molecule has 1 N–H and O–H groups in total. The van der Waals surface area contributed by atoms with Crippen molar-refractivity contribution in [1.29, 1.82) is 0 Å². The van der Waals surface area contributed by atoms with Gasteiger partial charge in [0.2, 0.25) is 0 Å². The molecule has 3 aromatic rings. The molecule has 0 radical (unpaired) electrons. The van der Waals surface area contributed by atoms with Crippen molar-refractivity contribution in [2.24, 2.45) is 0 Å². The first-order valence-electron chi connectivity index (χ1n) is 6.78. The lowest BCUT2D eigenvalue weighted by molar-refractivity contribution is -0.118. The number of hydrogen-bond acceptors (Lipinski definition) is 2. The maximum atomic E-state index is 11.9. The molecule has 0 heterocycles. The molecular weight excluding hydrogens is 262 g/mol. The molecule has 3 nitrogen and oxygen atoms in total. The smallest absolute Gasteiger partial charge is 0.262 e. The Morgan fingerprint density at radius 1 is 0.857 bits per heavy atom. The molecule has 21 heavy (non-hydrogen) atoms. The number of para-hydroxylation sites is 1. The van der Waals surface area contributed by atoms with Crippen LogP contribution in [0.2, 0.25) is 0 Å². The molecule has 0 aliphatic rings. The van der Waals surface area contributed by atoms with Crippen LogP contribution in [0.5, 0.6) is 5.75 Å². The van der Waals surface area contributed by atoms with Crippen LogP contribution in [0.1, 0.15) is 0 Å². The predicted molar refractivity (Wildman–Crippen MR) is 84.5 cm³/mol. The number of nitrogens with one attached hydrogen (secondary N) is 1. The van der Waals surface area contributed by atoms with Crippen molar-refractivity contribution >= 4 is 22.4 Å². The molecule has 3 aromatic carbocycles. The zero-order valence-corrected chi connectivity index (χ0v) is 11.5. The summed E-state index contributed by atoms with van der Waals surface area (Å²) < 4.78 is 5.64. The molecule has 0 aromatic heterocycles. The third kappa shape index (κ3) is 3.20. The number of anilines is 1. The summed E-state index contributed by atoms with van der Waals surface area (Å²) in [6.07, 6.45) is 0. The van der Waals surface area contributed by atoms with E-state index in [4.69, 9.17) is 4.74 Å². The molecule has 0 saturated heterocycles. The van der Waals surface area contributed by atoms with Gasteiger partial charge in [-0.15, -0.1) is 0 Å². The van der Waals surface area contributed by atoms with E-state index in [0.29, 0.717) is 0 Å². The van der Waals surface area contributed by atoms with Gasteiger partial charge in [-0.1, -0.05) is 54.6 Å². The van der Waals surface area contributed by atoms with Crippen LogP contribution in [-0.2, 0) is 4.79 Å². The quantitative estimate of drug-likeness (QED) is 0.786. The second kappa shape index (κ2) is 6.09. The lowest BCUT2D eigenvalue weighted by atomic mass is 10.1. The maximum Gasteiger partial charge on any atom is 0.262 e. The summed E-state index contributed by atoms with van der Waals surface area (Å²) in [5.41, 5.74) is 0.768. The van der Waals surface area contributed by atoms with Crippen LogP contribution in [0.15, 0.2) is 72.8 Å². The van der Waals surface area contributed by atoms with Gasteiger partial charge in [0.1, 0.15) is 5.75 Å². The Balaban J connectivity index is 1.68. The van der Waals surface area contributed by atoms with E-state index in [2.05, 4.69) is 5.32 Å². The molecule has 0 fully saturated rings. The number of rotatable bonds is 4. The Morgan fingerprint density at radius 3 is 2.43 bits per heavy atom. The minimum absolute atomic E-state index is 0.0110. The van der Waals surface area contributed by atoms with Gasteiger partial charge in [-0.05, 0) is 23.6 Å². The average molecular weight is 277 g/mol. The Hall–Kier alpha value is -2.81. The van der Waals surface area contributed by atoms with E-state index >= 15 is 0 Å². The van der Waals surface area contributed by atoms with Gasteiger partial charge in [0, 0.05) is 11.1 Å². The highest BCUT2D eigenvalue weighted by molar-refractivity contribution is 5.93. The summed E-state index contributed by atoms with van der Waals surface area (Å²) in [6.45, 7) is -0.0110. The number of carbonyl (C=O) groups is 1. The summed E-state index contributed by atoms with van der Waals surface area (Å²) in [5.74, 6) is 0.547. The molecule has 1 amide bonds. The van der Waals surface area contributed by atoms with Gasteiger partial charge in [0.25, 0.3) is 5.91 Å². The summed E-state index contributed by atoms with van der Waals surface area (Å²) >= 11 is 0. The number of fused-ring (bicyclic) bond motifs is 1. The largest absolute Gasteiger partial charge is 0.483 e. The second-order valence-electron chi connectivity index (χ2n) is 4.68. The molecule has 104 valence electrons. The summed E-state index contributed by atoms with van der Waals surface area (Å²) in [4.78, 5) is 11.9. The van der Waals surface area contributed by atoms with E-state index < -0.39 is 0 Å². The van der Waals surface area contributed by atoms with Crippen LogP contribution < -0.4 is 10.1 Å². The highest BCUT2D eigenvalue weighted by Gasteiger charge is 2.05. The molecule has 0 spiro atoms. The van der Waals surface area contributed by atoms with Gasteiger partial charge in [0.05, 0.1) is 0 Å². The SMILES string of the molecule is O=C(COc1cccc2ccccc12)Nc1ccccc1. The van der Waals surface area contributed by atoms with Crippen molar-refractivity contribution in [3.8, 4) is 5.75 Å². The summed E-state index contributed by atoms with van der Waals surface area (Å²) in [6, 6.07) is 23.1. The van der Waals surface area contributed by atoms with Gasteiger partial charge in [-0.25, -0.2) is 0 Å². The predicted octanol–water partition coefficient (Wildman–Crippen LogP) is 3.86. The Labute approximate surface area is 123 Å². The fraction of sp³-hybridized carbons (Fsp3) is 0.0556. The molecule has 0 aliphatic heterocycles. The van der Waals surface area contributed by atoms with Crippen LogP contribution in [0.3, 0.4) is 0 Å². The van der Waals surface area contributed by atoms with Gasteiger partial charge < -0.3 is 10.1 Å². The first-order chi connectivity index (χ1) is 10.3. The van der Waals surface area contributed by atoms with E-state index in [-0.39, 0.29) is 12.5 Å². The number of benzene rings is 3. The van der Waals surface area contributed by atoms with E-state index in [1.54, 1.807) is 0 Å². The molecule has 3 heteroatoms. The van der Waals surface area contributed by atoms with Crippen LogP contribution in [0.4, 0.5) is 5.69 Å². The average Bonchev–Trinajstić information content (AvgIpc) is 2.54. The molecule has 0 saturated carbocycles. The van der Waals surface area contributed by atoms with E-state index in [1.807, 2.05) is 72.8 Å². The van der Waals surface area contributed by atoms with Crippen molar-refractivity contribution in [2.75, 3.05) is 11.9 Å². The molecule has 0 atom stereocenters. The number of carbonyl (C=O) groups excluding carboxylic acids is 1. The van der Waals surface area contributed by atoms with E-state index in [0.717, 1.165) is 22.2 Å². The fourth-order valence-electron chi connectivity index (χ4n) is 2.18. The van der Waals surface area contributed by atoms with Crippen LogP contribution in [0, 0.1) is 0 Å². The van der Waals surface area contributed by atoms with Gasteiger partial charge >= 0.3 is 0 Å². The highest BCUT2D eigenvalue weighted by Crippen LogP contribution is 2.25. The zero-order chi connectivity index (χ0) is 14.5. The highest BCUT2D eigenvalue weighted by atomic mass is 16.5. The van der Waals surface area contributed by atoms with Crippen molar-refractivity contribution in [3.63, 3.8) is 0 Å². The first kappa shape index (κ1) is 13.2. The zero-order valence-electron chi connectivity index (χ0n) is 11.5. The molecule has 0 aliphatic carbocycles. The standard InChI is InChI=1S/C18H15NO2/c20-18(19-15-9-2-1-3-10-15)13-21-17-12-6-8-14-7-4-5-11-16(14)17/h1-12H,13H2,(H,19,20). The number of amides is 1. The third-order valence-corrected chi connectivity index (χ3v) is 3.17. The van der Waals surface area contributed by atoms with Gasteiger partial charge in [-0.2, -0.15) is 0 Å². The second-order valence-corrected chi connectivity index (χ2v) is 4.68.